The van der Waals surface area contributed by atoms with Crippen LogP contribution < -0.4 is 4.74 Å². The maximum Gasteiger partial charge on any atom is 0.309 e. The Labute approximate surface area is 157 Å². The van der Waals surface area contributed by atoms with Crippen molar-refractivity contribution in [3.63, 3.8) is 0 Å². The van der Waals surface area contributed by atoms with Gasteiger partial charge in [0.2, 0.25) is 0 Å². The predicted molar refractivity (Wildman–Crippen MR) is 104 cm³/mol. The zero-order valence-electron chi connectivity index (χ0n) is 14.4. The van der Waals surface area contributed by atoms with Crippen molar-refractivity contribution in [1.29, 1.82) is 0 Å². The van der Waals surface area contributed by atoms with Gasteiger partial charge in [0, 0.05) is 9.13 Å². The monoisotopic (exact) mass is 438 g/mol. The molecule has 0 heterocycles. The van der Waals surface area contributed by atoms with Gasteiger partial charge in [0.05, 0.1) is 13.5 Å². The highest BCUT2D eigenvalue weighted by molar-refractivity contribution is 14.1. The van der Waals surface area contributed by atoms with Crippen LogP contribution in [0.2, 0.25) is 0 Å². The number of aryl methyl sites for hydroxylation is 2. The van der Waals surface area contributed by atoms with E-state index in [0.29, 0.717) is 6.61 Å². The molecule has 0 amide bonds. The third-order valence-electron chi connectivity index (χ3n) is 4.06. The molecule has 3 nitrogen and oxygen atoms in total. The van der Waals surface area contributed by atoms with Crippen molar-refractivity contribution in [1.82, 2.24) is 0 Å². The van der Waals surface area contributed by atoms with Crippen molar-refractivity contribution >= 4 is 28.6 Å². The summed E-state index contributed by atoms with van der Waals surface area (Å²) in [6.45, 7) is 4.74. The lowest BCUT2D eigenvalue weighted by Gasteiger charge is -2.15. The van der Waals surface area contributed by atoms with Crippen LogP contribution in [0, 0.1) is 3.57 Å². The molecule has 0 aliphatic carbocycles. The van der Waals surface area contributed by atoms with Crippen molar-refractivity contribution < 1.29 is 14.3 Å². The molecule has 0 aromatic heterocycles. The molecule has 0 atom stereocenters. The number of esters is 1. The van der Waals surface area contributed by atoms with E-state index in [9.17, 15) is 4.79 Å². The Hall–Kier alpha value is -1.56. The SMILES string of the molecule is CCc1ccc(OCc2c(I)cccc2CC(=O)OC)c(CC)c1. The van der Waals surface area contributed by atoms with Crippen molar-refractivity contribution in [2.24, 2.45) is 0 Å². The molecule has 0 bridgehead atoms. The van der Waals surface area contributed by atoms with E-state index in [1.165, 1.54) is 18.2 Å². The first-order valence-corrected chi connectivity index (χ1v) is 9.24. The Morgan fingerprint density at radius 2 is 1.88 bits per heavy atom. The van der Waals surface area contributed by atoms with E-state index in [1.807, 2.05) is 24.3 Å². The highest BCUT2D eigenvalue weighted by Gasteiger charge is 2.12. The zero-order valence-corrected chi connectivity index (χ0v) is 16.6. The van der Waals surface area contributed by atoms with Gasteiger partial charge >= 0.3 is 5.97 Å². The summed E-state index contributed by atoms with van der Waals surface area (Å²) in [5.41, 5.74) is 4.54. The fraction of sp³-hybridized carbons (Fsp3) is 0.350. The van der Waals surface area contributed by atoms with E-state index in [0.717, 1.165) is 33.3 Å². The van der Waals surface area contributed by atoms with Crippen LogP contribution in [0.5, 0.6) is 5.75 Å². The van der Waals surface area contributed by atoms with E-state index in [2.05, 4.69) is 48.6 Å². The molecule has 0 aliphatic rings. The van der Waals surface area contributed by atoms with Gasteiger partial charge in [0.15, 0.2) is 0 Å². The first-order chi connectivity index (χ1) is 11.6. The topological polar surface area (TPSA) is 35.5 Å². The summed E-state index contributed by atoms with van der Waals surface area (Å²) in [5, 5.41) is 0. The number of hydrogen-bond donors (Lipinski definition) is 0. The van der Waals surface area contributed by atoms with Gasteiger partial charge in [-0.15, -0.1) is 0 Å². The van der Waals surface area contributed by atoms with Gasteiger partial charge in [-0.25, -0.2) is 0 Å². The average molecular weight is 438 g/mol. The molecular weight excluding hydrogens is 415 g/mol. The quantitative estimate of drug-likeness (QED) is 0.464. The number of halogens is 1. The van der Waals surface area contributed by atoms with Crippen molar-refractivity contribution in [3.8, 4) is 5.75 Å². The van der Waals surface area contributed by atoms with Crippen LogP contribution >= 0.6 is 22.6 Å². The normalized spacial score (nSPS) is 10.5. The van der Waals surface area contributed by atoms with E-state index >= 15 is 0 Å². The highest BCUT2D eigenvalue weighted by Crippen LogP contribution is 2.25. The minimum Gasteiger partial charge on any atom is -0.489 e. The van der Waals surface area contributed by atoms with Crippen molar-refractivity contribution in [2.45, 2.75) is 39.7 Å². The number of carbonyl (C=O) groups is 1. The summed E-state index contributed by atoms with van der Waals surface area (Å²) in [5.74, 6) is 0.679. The van der Waals surface area contributed by atoms with Gasteiger partial charge in [-0.3, -0.25) is 4.79 Å². The second-order valence-electron chi connectivity index (χ2n) is 5.57. The Morgan fingerprint density at radius 3 is 2.54 bits per heavy atom. The summed E-state index contributed by atoms with van der Waals surface area (Å²) in [6.07, 6.45) is 2.22. The molecule has 128 valence electrons. The van der Waals surface area contributed by atoms with E-state index in [-0.39, 0.29) is 12.4 Å². The fourth-order valence-electron chi connectivity index (χ4n) is 2.58. The van der Waals surface area contributed by atoms with E-state index in [1.54, 1.807) is 0 Å². The molecule has 2 aromatic rings. The molecule has 0 fully saturated rings. The molecular formula is C20H23IO3. The first-order valence-electron chi connectivity index (χ1n) is 8.16. The van der Waals surface area contributed by atoms with E-state index < -0.39 is 0 Å². The highest BCUT2D eigenvalue weighted by atomic mass is 127. The molecule has 0 saturated heterocycles. The molecule has 4 heteroatoms. The Kier molecular flexibility index (Phi) is 7.09. The lowest BCUT2D eigenvalue weighted by atomic mass is 10.0. The van der Waals surface area contributed by atoms with Crippen LogP contribution in [0.4, 0.5) is 0 Å². The zero-order chi connectivity index (χ0) is 17.5. The van der Waals surface area contributed by atoms with Crippen LogP contribution in [-0.2, 0) is 35.4 Å². The Bertz CT molecular complexity index is 710. The van der Waals surface area contributed by atoms with Gasteiger partial charge < -0.3 is 9.47 Å². The maximum absolute atomic E-state index is 11.6. The van der Waals surface area contributed by atoms with Crippen LogP contribution in [-0.4, -0.2) is 13.1 Å². The lowest BCUT2D eigenvalue weighted by Crippen LogP contribution is -2.10. The number of rotatable bonds is 7. The summed E-state index contributed by atoms with van der Waals surface area (Å²) in [7, 11) is 1.41. The molecule has 0 spiro atoms. The summed E-state index contributed by atoms with van der Waals surface area (Å²) >= 11 is 2.28. The molecule has 0 radical (unpaired) electrons. The Balaban J connectivity index is 2.21. The minimum absolute atomic E-state index is 0.236. The number of methoxy groups -OCH3 is 1. The number of hydrogen-bond acceptors (Lipinski definition) is 3. The maximum atomic E-state index is 11.6. The lowest BCUT2D eigenvalue weighted by molar-refractivity contribution is -0.139. The first kappa shape index (κ1) is 18.8. The van der Waals surface area contributed by atoms with Crippen LogP contribution in [0.1, 0.15) is 36.1 Å². The predicted octanol–water partition coefficient (Wildman–Crippen LogP) is 4.71. The molecule has 0 saturated carbocycles. The molecule has 2 aromatic carbocycles. The summed E-state index contributed by atoms with van der Waals surface area (Å²) < 4.78 is 12.0. The van der Waals surface area contributed by atoms with Gasteiger partial charge in [-0.1, -0.05) is 38.1 Å². The third kappa shape index (κ3) is 4.72. The number of benzene rings is 2. The average Bonchev–Trinajstić information content (AvgIpc) is 2.61. The molecule has 2 rings (SSSR count). The van der Waals surface area contributed by atoms with Crippen LogP contribution in [0.15, 0.2) is 36.4 Å². The third-order valence-corrected chi connectivity index (χ3v) is 5.08. The Morgan fingerprint density at radius 1 is 1.08 bits per heavy atom. The van der Waals surface area contributed by atoms with Gasteiger partial charge in [-0.2, -0.15) is 0 Å². The van der Waals surface area contributed by atoms with Crippen LogP contribution in [0.25, 0.3) is 0 Å². The van der Waals surface area contributed by atoms with Crippen LogP contribution in [0.3, 0.4) is 0 Å². The molecule has 0 N–H and O–H groups in total. The number of ether oxygens (including phenoxy) is 2. The second-order valence-corrected chi connectivity index (χ2v) is 6.73. The fourth-order valence-corrected chi connectivity index (χ4v) is 3.29. The van der Waals surface area contributed by atoms with Crippen molar-refractivity contribution in [3.05, 3.63) is 62.2 Å². The molecule has 24 heavy (non-hydrogen) atoms. The van der Waals surface area contributed by atoms with Gasteiger partial charge in [0.1, 0.15) is 12.4 Å². The van der Waals surface area contributed by atoms with E-state index in [4.69, 9.17) is 9.47 Å². The largest absolute Gasteiger partial charge is 0.489 e. The molecule has 0 unspecified atom stereocenters. The summed E-state index contributed by atoms with van der Waals surface area (Å²) in [6, 6.07) is 12.3. The van der Waals surface area contributed by atoms with Gasteiger partial charge in [-0.05, 0) is 64.3 Å². The standard InChI is InChI=1S/C20H23IO3/c1-4-14-9-10-19(15(5-2)11-14)24-13-17-16(12-20(22)23-3)7-6-8-18(17)21/h6-11H,4-5,12-13H2,1-3H3. The molecule has 0 aliphatic heterocycles. The summed E-state index contributed by atoms with van der Waals surface area (Å²) in [4.78, 5) is 11.6. The smallest absolute Gasteiger partial charge is 0.309 e. The van der Waals surface area contributed by atoms with Gasteiger partial charge in [0.25, 0.3) is 0 Å². The minimum atomic E-state index is -0.236. The second kappa shape index (κ2) is 9.06. The number of carbonyl (C=O) groups excluding carboxylic acids is 1. The van der Waals surface area contributed by atoms with Crippen molar-refractivity contribution in [2.75, 3.05) is 7.11 Å².